The number of hydrogen-bond acceptors (Lipinski definition) is 4. The predicted octanol–water partition coefficient (Wildman–Crippen LogP) is 2.29. The van der Waals surface area contributed by atoms with Crippen molar-refractivity contribution in [2.75, 3.05) is 0 Å². The van der Waals surface area contributed by atoms with E-state index in [1.165, 1.54) is 6.08 Å². The van der Waals surface area contributed by atoms with Gasteiger partial charge in [0.15, 0.2) is 0 Å². The van der Waals surface area contributed by atoms with Crippen molar-refractivity contribution < 1.29 is 4.79 Å². The topological polar surface area (TPSA) is 77.1 Å². The van der Waals surface area contributed by atoms with Crippen LogP contribution < -0.4 is 5.32 Å². The van der Waals surface area contributed by atoms with E-state index in [9.17, 15) is 4.79 Å². The van der Waals surface area contributed by atoms with Crippen LogP contribution in [0.1, 0.15) is 31.4 Å². The Balaban J connectivity index is 1.45. The summed E-state index contributed by atoms with van der Waals surface area (Å²) in [5.41, 5.74) is 4.18. The molecule has 1 amide bonds. The summed E-state index contributed by atoms with van der Waals surface area (Å²) in [6.45, 7) is 3.57. The van der Waals surface area contributed by atoms with Crippen LogP contribution in [-0.4, -0.2) is 35.8 Å². The zero-order chi connectivity index (χ0) is 18.6. The van der Waals surface area contributed by atoms with Gasteiger partial charge in [-0.15, -0.1) is 0 Å². The van der Waals surface area contributed by atoms with Gasteiger partial charge in [0.25, 0.3) is 0 Å². The third-order valence-corrected chi connectivity index (χ3v) is 6.14. The molecule has 7 nitrogen and oxygen atoms in total. The number of rotatable bonds is 5. The van der Waals surface area contributed by atoms with Crippen LogP contribution in [0.15, 0.2) is 43.5 Å². The minimum Gasteiger partial charge on any atom is -0.347 e. The molecule has 0 spiro atoms. The summed E-state index contributed by atoms with van der Waals surface area (Å²) in [7, 11) is 1.90. The average Bonchev–Trinajstić information content (AvgIpc) is 3.37. The molecule has 0 aliphatic heterocycles. The molecule has 3 aliphatic rings. The number of amides is 1. The number of nitrogens with zero attached hydrogens (tertiary/aromatic N) is 5. The lowest BCUT2D eigenvalue weighted by molar-refractivity contribution is -0.119. The fourth-order valence-electron chi connectivity index (χ4n) is 5.09. The molecule has 3 aliphatic carbocycles. The Morgan fingerprint density at radius 2 is 2.19 bits per heavy atom. The maximum atomic E-state index is 11.7. The van der Waals surface area contributed by atoms with Gasteiger partial charge in [-0.2, -0.15) is 10.2 Å². The van der Waals surface area contributed by atoms with Crippen LogP contribution >= 0.6 is 0 Å². The fourth-order valence-corrected chi connectivity index (χ4v) is 5.09. The van der Waals surface area contributed by atoms with Crippen molar-refractivity contribution in [3.8, 4) is 11.3 Å². The van der Waals surface area contributed by atoms with E-state index in [0.29, 0.717) is 0 Å². The maximum absolute atomic E-state index is 11.7. The first-order chi connectivity index (χ1) is 13.0. The number of carbonyl (C=O) groups is 1. The summed E-state index contributed by atoms with van der Waals surface area (Å²) >= 11 is 0. The summed E-state index contributed by atoms with van der Waals surface area (Å²) < 4.78 is 3.68. The molecular formula is C20H22N6O. The van der Waals surface area contributed by atoms with Gasteiger partial charge in [0.1, 0.15) is 0 Å². The molecule has 138 valence electrons. The van der Waals surface area contributed by atoms with Crippen LogP contribution in [0.5, 0.6) is 0 Å². The highest BCUT2D eigenvalue weighted by Gasteiger charge is 2.61. The van der Waals surface area contributed by atoms with Crippen molar-refractivity contribution in [1.82, 2.24) is 29.7 Å². The summed E-state index contributed by atoms with van der Waals surface area (Å²) in [6, 6.07) is 2.02. The molecule has 27 heavy (non-hydrogen) atoms. The molecule has 0 saturated heterocycles. The molecule has 3 heterocycles. The normalized spacial score (nSPS) is 26.1. The number of carbonyl (C=O) groups excluding carboxylic acids is 1. The summed E-state index contributed by atoms with van der Waals surface area (Å²) in [4.78, 5) is 16.7. The number of fused-ring (bicyclic) bond motifs is 2. The Kier molecular flexibility index (Phi) is 3.32. The van der Waals surface area contributed by atoms with Gasteiger partial charge in [-0.05, 0) is 49.7 Å². The molecule has 0 aromatic carbocycles. The van der Waals surface area contributed by atoms with Gasteiger partial charge in [0.2, 0.25) is 5.91 Å². The lowest BCUT2D eigenvalue weighted by Gasteiger charge is -2.47. The van der Waals surface area contributed by atoms with Crippen LogP contribution in [0.2, 0.25) is 0 Å². The Hall–Kier alpha value is -2.96. The van der Waals surface area contributed by atoms with Gasteiger partial charge in [0.05, 0.1) is 35.5 Å². The Morgan fingerprint density at radius 3 is 2.93 bits per heavy atom. The second kappa shape index (κ2) is 5.52. The summed E-state index contributed by atoms with van der Waals surface area (Å²) in [6.07, 6.45) is 14.0. The Labute approximate surface area is 157 Å². The lowest BCUT2D eigenvalue weighted by Crippen LogP contribution is -2.55. The zero-order valence-electron chi connectivity index (χ0n) is 15.4. The first kappa shape index (κ1) is 16.2. The number of aryl methyl sites for hydroxylation is 1. The monoisotopic (exact) mass is 362 g/mol. The van der Waals surface area contributed by atoms with Crippen molar-refractivity contribution in [2.24, 2.45) is 12.5 Å². The van der Waals surface area contributed by atoms with Crippen molar-refractivity contribution in [2.45, 2.75) is 37.6 Å². The highest BCUT2D eigenvalue weighted by atomic mass is 16.1. The van der Waals surface area contributed by atoms with Gasteiger partial charge in [-0.1, -0.05) is 6.58 Å². The largest absolute Gasteiger partial charge is 0.347 e. The average molecular weight is 362 g/mol. The van der Waals surface area contributed by atoms with E-state index < -0.39 is 0 Å². The van der Waals surface area contributed by atoms with Gasteiger partial charge >= 0.3 is 0 Å². The number of aromatic nitrogens is 5. The van der Waals surface area contributed by atoms with Gasteiger partial charge in [-0.3, -0.25) is 9.48 Å². The highest BCUT2D eigenvalue weighted by Crippen LogP contribution is 2.62. The first-order valence-electron chi connectivity index (χ1n) is 9.27. The maximum Gasteiger partial charge on any atom is 0.243 e. The third kappa shape index (κ3) is 2.57. The lowest BCUT2D eigenvalue weighted by atomic mass is 9.63. The minimum atomic E-state index is -0.0691. The van der Waals surface area contributed by atoms with Gasteiger partial charge in [-0.25, -0.2) is 9.50 Å². The van der Waals surface area contributed by atoms with Gasteiger partial charge < -0.3 is 5.32 Å². The summed E-state index contributed by atoms with van der Waals surface area (Å²) in [5.74, 6) is -0.0691. The minimum absolute atomic E-state index is 0.0389. The Bertz CT molecular complexity index is 1060. The molecule has 3 saturated carbocycles. The number of nitrogens with one attached hydrogen (secondary N) is 1. The van der Waals surface area contributed by atoms with E-state index in [-0.39, 0.29) is 16.9 Å². The molecule has 2 bridgehead atoms. The van der Waals surface area contributed by atoms with Crippen LogP contribution in [-0.2, 0) is 18.3 Å². The molecule has 3 aromatic heterocycles. The highest BCUT2D eigenvalue weighted by molar-refractivity contribution is 5.87. The molecule has 6 rings (SSSR count). The van der Waals surface area contributed by atoms with E-state index >= 15 is 0 Å². The van der Waals surface area contributed by atoms with Crippen molar-refractivity contribution in [3.05, 3.63) is 49.2 Å². The fraction of sp³-hybridized carbons (Fsp3) is 0.400. The van der Waals surface area contributed by atoms with Gasteiger partial charge in [0, 0.05) is 24.3 Å². The van der Waals surface area contributed by atoms with Crippen LogP contribution in [0.4, 0.5) is 0 Å². The second-order valence-corrected chi connectivity index (χ2v) is 8.14. The molecule has 0 radical (unpaired) electrons. The van der Waals surface area contributed by atoms with Crippen molar-refractivity contribution in [3.63, 3.8) is 0 Å². The molecule has 7 heteroatoms. The molecule has 1 N–H and O–H groups in total. The van der Waals surface area contributed by atoms with Crippen LogP contribution in [0.25, 0.3) is 16.8 Å². The zero-order valence-corrected chi connectivity index (χ0v) is 15.4. The quantitative estimate of drug-likeness (QED) is 0.707. The Morgan fingerprint density at radius 1 is 1.33 bits per heavy atom. The molecular weight excluding hydrogens is 340 g/mol. The van der Waals surface area contributed by atoms with E-state index in [1.54, 1.807) is 4.68 Å². The second-order valence-electron chi connectivity index (χ2n) is 8.14. The van der Waals surface area contributed by atoms with E-state index in [2.05, 4.69) is 22.1 Å². The van der Waals surface area contributed by atoms with E-state index in [4.69, 9.17) is 4.98 Å². The SMILES string of the molecule is C=CC(=O)NC12CCC(Cc3nc(-c4cnn(C)c4)cn4nccc34)(C1)C2. The standard InChI is InChI=1S/C20H22N6O/c1-3-18(27)24-20-6-5-19(12-20,13-20)8-15-17-4-7-21-26(17)11-16(23-15)14-9-22-25(2)10-14/h3-4,7,9-11H,1,5-6,8,12-13H2,2H3,(H,24,27). The van der Waals surface area contributed by atoms with E-state index in [1.807, 2.05) is 42.4 Å². The van der Waals surface area contributed by atoms with E-state index in [0.717, 1.165) is 54.6 Å². The number of hydrogen-bond donors (Lipinski definition) is 1. The smallest absolute Gasteiger partial charge is 0.243 e. The molecule has 3 aromatic rings. The third-order valence-electron chi connectivity index (χ3n) is 6.14. The predicted molar refractivity (Wildman–Crippen MR) is 101 cm³/mol. The van der Waals surface area contributed by atoms with Crippen molar-refractivity contribution >= 4 is 11.4 Å². The van der Waals surface area contributed by atoms with Crippen molar-refractivity contribution in [1.29, 1.82) is 0 Å². The van der Waals surface area contributed by atoms with Crippen LogP contribution in [0, 0.1) is 5.41 Å². The molecule has 0 atom stereocenters. The molecule has 0 unspecified atom stereocenters. The van der Waals surface area contributed by atoms with Crippen LogP contribution in [0.3, 0.4) is 0 Å². The summed E-state index contributed by atoms with van der Waals surface area (Å²) in [5, 5.41) is 11.8. The molecule has 3 fully saturated rings. The first-order valence-corrected chi connectivity index (χ1v) is 9.27.